The highest BCUT2D eigenvalue weighted by Gasteiger charge is 2.44. The number of hydrogen-bond donors (Lipinski definition) is 2. The van der Waals surface area contributed by atoms with Gasteiger partial charge in [-0.1, -0.05) is 12.5 Å². The van der Waals surface area contributed by atoms with Crippen molar-refractivity contribution in [2.75, 3.05) is 0 Å². The molecule has 1 aromatic rings. The maximum absolute atomic E-state index is 10.9. The normalized spacial score (nSPS) is 33.6. The summed E-state index contributed by atoms with van der Waals surface area (Å²) in [5, 5.41) is 10.9. The number of nitrogens with two attached hydrogens (primary N) is 1. The summed E-state index contributed by atoms with van der Waals surface area (Å²) in [5.41, 5.74) is 8.88. The second-order valence-corrected chi connectivity index (χ2v) is 7.04. The zero-order chi connectivity index (χ0) is 13.7. The zero-order valence-electron chi connectivity index (χ0n) is 12.0. The van der Waals surface area contributed by atoms with Crippen molar-refractivity contribution in [3.05, 3.63) is 29.1 Å². The molecule has 1 aromatic heterocycles. The van der Waals surface area contributed by atoms with Gasteiger partial charge in [-0.05, 0) is 67.4 Å². The summed E-state index contributed by atoms with van der Waals surface area (Å²) < 4.78 is 0. The van der Waals surface area contributed by atoms with E-state index < -0.39 is 0 Å². The first-order valence-corrected chi connectivity index (χ1v) is 8.14. The minimum Gasteiger partial charge on any atom is -0.386 e. The minimum absolute atomic E-state index is 0.368. The lowest BCUT2D eigenvalue weighted by atomic mass is 9.82. The molecule has 3 fully saturated rings. The Kier molecular flexibility index (Phi) is 3.08. The zero-order valence-corrected chi connectivity index (χ0v) is 12.0. The number of pyridine rings is 1. The average molecular weight is 272 g/mol. The van der Waals surface area contributed by atoms with E-state index in [1.54, 1.807) is 0 Å². The van der Waals surface area contributed by atoms with Crippen LogP contribution in [0.25, 0.3) is 0 Å². The van der Waals surface area contributed by atoms with Crippen LogP contribution in [0.3, 0.4) is 0 Å². The lowest BCUT2D eigenvalue weighted by molar-refractivity contribution is 0.0700. The van der Waals surface area contributed by atoms with E-state index in [2.05, 4.69) is 6.07 Å². The molecular weight excluding hydrogens is 248 g/mol. The Balaban J connectivity index is 1.65. The first-order valence-electron chi connectivity index (χ1n) is 8.14. The van der Waals surface area contributed by atoms with Crippen molar-refractivity contribution >= 4 is 0 Å². The van der Waals surface area contributed by atoms with E-state index >= 15 is 0 Å². The molecule has 0 aliphatic heterocycles. The summed E-state index contributed by atoms with van der Waals surface area (Å²) in [5.74, 6) is 2.66. The van der Waals surface area contributed by atoms with Gasteiger partial charge in [-0.2, -0.15) is 0 Å². The molecule has 4 atom stereocenters. The highest BCUT2D eigenvalue weighted by molar-refractivity contribution is 5.32. The van der Waals surface area contributed by atoms with E-state index in [1.165, 1.54) is 44.1 Å². The third-order valence-corrected chi connectivity index (χ3v) is 5.72. The van der Waals surface area contributed by atoms with E-state index in [1.807, 2.05) is 6.07 Å². The molecule has 3 aliphatic carbocycles. The van der Waals surface area contributed by atoms with Gasteiger partial charge in [0.1, 0.15) is 0 Å². The fourth-order valence-corrected chi connectivity index (χ4v) is 4.50. The first kappa shape index (κ1) is 12.8. The van der Waals surface area contributed by atoms with Crippen LogP contribution in [0, 0.1) is 17.8 Å². The molecule has 2 unspecified atom stereocenters. The topological polar surface area (TPSA) is 59.1 Å². The van der Waals surface area contributed by atoms with Gasteiger partial charge in [0.2, 0.25) is 0 Å². The minimum atomic E-state index is -0.368. The van der Waals surface area contributed by atoms with Crippen molar-refractivity contribution in [2.24, 2.45) is 23.5 Å². The Hall–Kier alpha value is -0.930. The standard InChI is InChI=1S/C17H24N2O/c18-9-13-5-6-14(11-3-4-11)16(19-13)17(20)15-8-10-1-2-12(15)7-10/h5-6,10-12,15,17,20H,1-4,7-9,18H2/t10-,12+,15?,17?/m0/s1. The van der Waals surface area contributed by atoms with Crippen LogP contribution in [0.1, 0.15) is 67.5 Å². The molecule has 4 rings (SSSR count). The molecule has 0 amide bonds. The number of aliphatic hydroxyl groups excluding tert-OH is 1. The Morgan fingerprint density at radius 1 is 1.20 bits per heavy atom. The lowest BCUT2D eigenvalue weighted by Crippen LogP contribution is -2.22. The average Bonchev–Trinajstić information content (AvgIpc) is 3.12. The molecule has 3 heteroatoms. The molecule has 1 heterocycles. The number of nitrogens with zero attached hydrogens (tertiary/aromatic N) is 1. The highest BCUT2D eigenvalue weighted by Crippen LogP contribution is 2.53. The van der Waals surface area contributed by atoms with Gasteiger partial charge in [0.25, 0.3) is 0 Å². The van der Waals surface area contributed by atoms with Crippen LogP contribution in [0.5, 0.6) is 0 Å². The number of fused-ring (bicyclic) bond motifs is 2. The summed E-state index contributed by atoms with van der Waals surface area (Å²) in [6.07, 6.45) is 7.34. The van der Waals surface area contributed by atoms with Gasteiger partial charge in [-0.15, -0.1) is 0 Å². The van der Waals surface area contributed by atoms with Crippen molar-refractivity contribution in [3.63, 3.8) is 0 Å². The lowest BCUT2D eigenvalue weighted by Gasteiger charge is -2.28. The van der Waals surface area contributed by atoms with Gasteiger partial charge in [0, 0.05) is 6.54 Å². The van der Waals surface area contributed by atoms with Crippen LogP contribution >= 0.6 is 0 Å². The quantitative estimate of drug-likeness (QED) is 0.886. The van der Waals surface area contributed by atoms with Crippen molar-refractivity contribution in [1.82, 2.24) is 4.98 Å². The highest BCUT2D eigenvalue weighted by atomic mass is 16.3. The first-order chi connectivity index (χ1) is 9.76. The molecule has 3 N–H and O–H groups in total. The van der Waals surface area contributed by atoms with Crippen LogP contribution < -0.4 is 5.73 Å². The Morgan fingerprint density at radius 2 is 2.05 bits per heavy atom. The maximum atomic E-state index is 10.9. The second kappa shape index (κ2) is 4.81. The Morgan fingerprint density at radius 3 is 2.65 bits per heavy atom. The van der Waals surface area contributed by atoms with Gasteiger partial charge >= 0.3 is 0 Å². The SMILES string of the molecule is NCc1ccc(C2CC2)c(C(O)C2C[C@H]3CC[C@@H]2C3)n1. The van der Waals surface area contributed by atoms with Crippen LogP contribution in [-0.4, -0.2) is 10.1 Å². The van der Waals surface area contributed by atoms with Crippen LogP contribution in [-0.2, 0) is 6.54 Å². The number of hydrogen-bond acceptors (Lipinski definition) is 3. The van der Waals surface area contributed by atoms with Gasteiger partial charge in [-0.25, -0.2) is 0 Å². The molecule has 3 aliphatic rings. The smallest absolute Gasteiger partial charge is 0.0993 e. The molecule has 3 saturated carbocycles. The Bertz CT molecular complexity index is 512. The summed E-state index contributed by atoms with van der Waals surface area (Å²) >= 11 is 0. The summed E-state index contributed by atoms with van der Waals surface area (Å²) in [6.45, 7) is 0.460. The molecule has 20 heavy (non-hydrogen) atoms. The molecule has 0 saturated heterocycles. The van der Waals surface area contributed by atoms with Crippen molar-refractivity contribution < 1.29 is 5.11 Å². The molecule has 0 aromatic carbocycles. The van der Waals surface area contributed by atoms with E-state index in [4.69, 9.17) is 10.7 Å². The van der Waals surface area contributed by atoms with Crippen molar-refractivity contribution in [2.45, 2.75) is 57.1 Å². The maximum Gasteiger partial charge on any atom is 0.0993 e. The Labute approximate surface area is 120 Å². The van der Waals surface area contributed by atoms with Crippen molar-refractivity contribution in [3.8, 4) is 0 Å². The van der Waals surface area contributed by atoms with Gasteiger partial charge in [-0.3, -0.25) is 4.98 Å². The van der Waals surface area contributed by atoms with Crippen LogP contribution in [0.15, 0.2) is 12.1 Å². The molecule has 0 radical (unpaired) electrons. The van der Waals surface area contributed by atoms with Crippen LogP contribution in [0.2, 0.25) is 0 Å². The molecule has 3 nitrogen and oxygen atoms in total. The number of aliphatic hydroxyl groups is 1. The molecule has 108 valence electrons. The summed E-state index contributed by atoms with van der Waals surface area (Å²) in [6, 6.07) is 4.20. The predicted octanol–water partition coefficient (Wildman–Crippen LogP) is 2.89. The second-order valence-electron chi connectivity index (χ2n) is 7.04. The van der Waals surface area contributed by atoms with Gasteiger partial charge < -0.3 is 10.8 Å². The van der Waals surface area contributed by atoms with Gasteiger partial charge in [0.05, 0.1) is 17.5 Å². The summed E-state index contributed by atoms with van der Waals surface area (Å²) in [4.78, 5) is 4.71. The molecule has 2 bridgehead atoms. The van der Waals surface area contributed by atoms with E-state index in [9.17, 15) is 5.11 Å². The third-order valence-electron chi connectivity index (χ3n) is 5.72. The predicted molar refractivity (Wildman–Crippen MR) is 78.0 cm³/mol. The largest absolute Gasteiger partial charge is 0.386 e. The molecular formula is C17H24N2O. The van der Waals surface area contributed by atoms with E-state index in [-0.39, 0.29) is 6.10 Å². The van der Waals surface area contributed by atoms with E-state index in [0.29, 0.717) is 18.4 Å². The number of aromatic nitrogens is 1. The molecule has 0 spiro atoms. The van der Waals surface area contributed by atoms with Crippen LogP contribution in [0.4, 0.5) is 0 Å². The number of rotatable bonds is 4. The fourth-order valence-electron chi connectivity index (χ4n) is 4.50. The van der Waals surface area contributed by atoms with Gasteiger partial charge in [0.15, 0.2) is 0 Å². The van der Waals surface area contributed by atoms with Crippen molar-refractivity contribution in [1.29, 1.82) is 0 Å². The summed E-state index contributed by atoms with van der Waals surface area (Å²) in [7, 11) is 0. The monoisotopic (exact) mass is 272 g/mol. The van der Waals surface area contributed by atoms with E-state index in [0.717, 1.165) is 23.2 Å². The fraction of sp³-hybridized carbons (Fsp3) is 0.706. The third kappa shape index (κ3) is 2.08.